The van der Waals surface area contributed by atoms with E-state index in [9.17, 15) is 24.3 Å². The van der Waals surface area contributed by atoms with Crippen molar-refractivity contribution in [2.45, 2.75) is 32.7 Å². The number of aromatic nitrogens is 1. The van der Waals surface area contributed by atoms with Crippen molar-refractivity contribution in [1.29, 1.82) is 0 Å². The number of aromatic carboxylic acids is 1. The third-order valence-corrected chi connectivity index (χ3v) is 8.64. The van der Waals surface area contributed by atoms with Crippen LogP contribution in [0, 0.1) is 19.7 Å². The quantitative estimate of drug-likeness (QED) is 0.189. The first-order valence-corrected chi connectivity index (χ1v) is 15.4. The lowest BCUT2D eigenvalue weighted by atomic mass is 10.0. The number of nitrogens with one attached hydrogen (secondary N) is 1. The molecule has 2 fully saturated rings. The number of amides is 1. The van der Waals surface area contributed by atoms with Gasteiger partial charge in [0.2, 0.25) is 11.3 Å². The van der Waals surface area contributed by atoms with Crippen molar-refractivity contribution in [3.8, 4) is 0 Å². The molecule has 1 aliphatic heterocycles. The van der Waals surface area contributed by atoms with Gasteiger partial charge in [-0.2, -0.15) is 0 Å². The topological polar surface area (TPSA) is 112 Å². The summed E-state index contributed by atoms with van der Waals surface area (Å²) in [6.07, 6.45) is 6.48. The van der Waals surface area contributed by atoms with E-state index in [0.29, 0.717) is 48.6 Å². The Morgan fingerprint density at radius 1 is 0.978 bits per heavy atom. The van der Waals surface area contributed by atoms with E-state index in [1.54, 1.807) is 41.0 Å². The number of rotatable bonds is 9. The van der Waals surface area contributed by atoms with Crippen molar-refractivity contribution in [1.82, 2.24) is 9.47 Å². The zero-order valence-corrected chi connectivity index (χ0v) is 25.8. The van der Waals surface area contributed by atoms with Gasteiger partial charge in [0.1, 0.15) is 11.4 Å². The first kappa shape index (κ1) is 30.9. The van der Waals surface area contributed by atoms with Gasteiger partial charge >= 0.3 is 5.97 Å². The van der Waals surface area contributed by atoms with E-state index in [1.807, 2.05) is 41.9 Å². The molecule has 3 aromatic carbocycles. The molecule has 0 atom stereocenters. The van der Waals surface area contributed by atoms with Gasteiger partial charge in [0.25, 0.3) is 0 Å². The Bertz CT molecular complexity index is 1940. The van der Waals surface area contributed by atoms with Gasteiger partial charge in [-0.25, -0.2) is 9.18 Å². The SMILES string of the molecule is Cc1ccc(/C=C/C(=O)c2ccc(NC(=O)CN3CCN(c4cc5c(cc4F)c(=O)c(C(=O)O)cn5C4CC4)CC3)cc2)c(C)c1. The van der Waals surface area contributed by atoms with Crippen LogP contribution in [-0.4, -0.2) is 65.0 Å². The predicted molar refractivity (Wildman–Crippen MR) is 176 cm³/mol. The molecule has 236 valence electrons. The van der Waals surface area contributed by atoms with Crippen LogP contribution in [0.3, 0.4) is 0 Å². The maximum atomic E-state index is 15.3. The zero-order chi connectivity index (χ0) is 32.5. The average molecular weight is 623 g/mol. The first-order valence-electron chi connectivity index (χ1n) is 15.4. The molecule has 46 heavy (non-hydrogen) atoms. The highest BCUT2D eigenvalue weighted by atomic mass is 19.1. The molecule has 1 saturated heterocycles. The molecule has 6 rings (SSSR count). The van der Waals surface area contributed by atoms with Crippen LogP contribution in [0.2, 0.25) is 0 Å². The average Bonchev–Trinajstić information content (AvgIpc) is 3.87. The largest absolute Gasteiger partial charge is 0.477 e. The van der Waals surface area contributed by atoms with Gasteiger partial charge in [-0.15, -0.1) is 0 Å². The number of ketones is 1. The molecule has 9 nitrogen and oxygen atoms in total. The van der Waals surface area contributed by atoms with Crippen LogP contribution in [0.4, 0.5) is 15.8 Å². The highest BCUT2D eigenvalue weighted by Gasteiger charge is 2.29. The van der Waals surface area contributed by atoms with Crippen LogP contribution in [-0.2, 0) is 4.79 Å². The number of piperazine rings is 1. The number of nitrogens with zero attached hydrogens (tertiary/aromatic N) is 3. The molecule has 2 N–H and O–H groups in total. The number of anilines is 2. The Morgan fingerprint density at radius 2 is 1.70 bits per heavy atom. The van der Waals surface area contributed by atoms with E-state index in [2.05, 4.69) is 11.4 Å². The number of carbonyl (C=O) groups excluding carboxylic acids is 2. The Balaban J connectivity index is 1.05. The molecular weight excluding hydrogens is 587 g/mol. The number of fused-ring (bicyclic) bond motifs is 1. The summed E-state index contributed by atoms with van der Waals surface area (Å²) in [4.78, 5) is 53.8. The summed E-state index contributed by atoms with van der Waals surface area (Å²) in [6.45, 7) is 6.20. The van der Waals surface area contributed by atoms with E-state index in [0.717, 1.165) is 30.0 Å². The van der Waals surface area contributed by atoms with E-state index in [-0.39, 0.29) is 35.2 Å². The molecule has 4 aromatic rings. The second kappa shape index (κ2) is 12.7. The monoisotopic (exact) mass is 622 g/mol. The van der Waals surface area contributed by atoms with Crippen LogP contribution in [0.1, 0.15) is 56.3 Å². The second-order valence-electron chi connectivity index (χ2n) is 12.1. The van der Waals surface area contributed by atoms with Crippen molar-refractivity contribution >= 4 is 46.0 Å². The van der Waals surface area contributed by atoms with Crippen LogP contribution in [0.5, 0.6) is 0 Å². The van der Waals surface area contributed by atoms with Gasteiger partial charge in [-0.1, -0.05) is 29.8 Å². The smallest absolute Gasteiger partial charge is 0.341 e. The summed E-state index contributed by atoms with van der Waals surface area (Å²) in [6, 6.07) is 15.7. The molecule has 0 unspecified atom stereocenters. The van der Waals surface area contributed by atoms with Crippen LogP contribution >= 0.6 is 0 Å². The molecule has 0 spiro atoms. The van der Waals surface area contributed by atoms with Gasteiger partial charge < -0.3 is 19.9 Å². The van der Waals surface area contributed by atoms with Crippen molar-refractivity contribution in [2.75, 3.05) is 42.9 Å². The minimum atomic E-state index is -1.32. The van der Waals surface area contributed by atoms with Gasteiger partial charge in [0.05, 0.1) is 17.7 Å². The lowest BCUT2D eigenvalue weighted by molar-refractivity contribution is -0.117. The summed E-state index contributed by atoms with van der Waals surface area (Å²) >= 11 is 0. The Hall–Kier alpha value is -5.09. The number of hydrogen-bond acceptors (Lipinski definition) is 6. The van der Waals surface area contributed by atoms with Gasteiger partial charge in [-0.05, 0) is 80.3 Å². The van der Waals surface area contributed by atoms with Crippen LogP contribution in [0.25, 0.3) is 17.0 Å². The highest BCUT2D eigenvalue weighted by molar-refractivity contribution is 6.07. The third-order valence-electron chi connectivity index (χ3n) is 8.64. The zero-order valence-electron chi connectivity index (χ0n) is 25.8. The fourth-order valence-electron chi connectivity index (χ4n) is 5.95. The van der Waals surface area contributed by atoms with Crippen LogP contribution < -0.4 is 15.6 Å². The van der Waals surface area contributed by atoms with E-state index in [1.165, 1.54) is 11.8 Å². The Morgan fingerprint density at radius 3 is 2.35 bits per heavy atom. The molecule has 0 bridgehead atoms. The van der Waals surface area contributed by atoms with E-state index in [4.69, 9.17) is 0 Å². The molecular formula is C36H35FN4O5. The minimum Gasteiger partial charge on any atom is -0.477 e. The molecule has 1 aliphatic carbocycles. The summed E-state index contributed by atoms with van der Waals surface area (Å²) in [5.41, 5.74) is 4.20. The molecule has 0 radical (unpaired) electrons. The Kier molecular flexibility index (Phi) is 8.55. The number of aryl methyl sites for hydroxylation is 2. The fourth-order valence-corrected chi connectivity index (χ4v) is 5.95. The summed E-state index contributed by atoms with van der Waals surface area (Å²) in [7, 11) is 0. The summed E-state index contributed by atoms with van der Waals surface area (Å²) in [5.74, 6) is -2.22. The van der Waals surface area contributed by atoms with Gasteiger partial charge in [-0.3, -0.25) is 19.3 Å². The number of pyridine rings is 1. The number of allylic oxidation sites excluding steroid dienone is 1. The molecule has 1 aromatic heterocycles. The standard InChI is InChI=1S/C36H35FN4O5/c1-22-3-4-24(23(2)17-22)7-12-33(42)25-5-8-26(9-6-25)38-34(43)21-39-13-15-40(16-14-39)32-19-31-28(18-30(32)37)35(44)29(36(45)46)20-41(31)27-10-11-27/h3-9,12,17-20,27H,10-11,13-16,21H2,1-2H3,(H,38,43)(H,45,46)/b12-7+. The predicted octanol–water partition coefficient (Wildman–Crippen LogP) is 5.45. The number of benzene rings is 3. The molecule has 1 saturated carbocycles. The fraction of sp³-hybridized carbons (Fsp3) is 0.278. The number of halogens is 1. The van der Waals surface area contributed by atoms with E-state index >= 15 is 4.39 Å². The molecule has 2 aliphatic rings. The first-order chi connectivity index (χ1) is 22.1. The number of carbonyl (C=O) groups is 3. The number of carboxylic acid groups (broad SMARTS) is 1. The number of hydrogen-bond donors (Lipinski definition) is 2. The van der Waals surface area contributed by atoms with Crippen LogP contribution in [0.15, 0.2) is 71.7 Å². The van der Waals surface area contributed by atoms with Crippen molar-refractivity contribution in [3.05, 3.63) is 111 Å². The van der Waals surface area contributed by atoms with Gasteiger partial charge in [0.15, 0.2) is 5.78 Å². The highest BCUT2D eigenvalue weighted by Crippen LogP contribution is 2.38. The lowest BCUT2D eigenvalue weighted by Crippen LogP contribution is -2.49. The Labute approximate surface area is 265 Å². The van der Waals surface area contributed by atoms with Crippen molar-refractivity contribution in [3.63, 3.8) is 0 Å². The van der Waals surface area contributed by atoms with Crippen molar-refractivity contribution < 1.29 is 23.9 Å². The second-order valence-corrected chi connectivity index (χ2v) is 12.1. The van der Waals surface area contributed by atoms with Crippen molar-refractivity contribution in [2.24, 2.45) is 0 Å². The summed E-state index contributed by atoms with van der Waals surface area (Å²) in [5, 5.41) is 12.4. The molecule has 10 heteroatoms. The lowest BCUT2D eigenvalue weighted by Gasteiger charge is -2.36. The maximum Gasteiger partial charge on any atom is 0.341 e. The van der Waals surface area contributed by atoms with Gasteiger partial charge in [0, 0.05) is 55.1 Å². The molecule has 1 amide bonds. The minimum absolute atomic E-state index is 0.0644. The molecule has 2 heterocycles. The normalized spacial score (nSPS) is 15.4. The third kappa shape index (κ3) is 6.62. The summed E-state index contributed by atoms with van der Waals surface area (Å²) < 4.78 is 17.1. The maximum absolute atomic E-state index is 15.3. The number of carboxylic acids is 1. The van der Waals surface area contributed by atoms with E-state index < -0.39 is 17.2 Å².